The lowest BCUT2D eigenvalue weighted by Crippen LogP contribution is -2.01. The van der Waals surface area contributed by atoms with Crippen molar-refractivity contribution in [3.8, 4) is 78.7 Å². The number of nitrogens with zero attached hydrogens (tertiary/aromatic N) is 4. The maximum absolute atomic E-state index is 5.29. The molecule has 2 heterocycles. The lowest BCUT2D eigenvalue weighted by molar-refractivity contribution is 1.07. The van der Waals surface area contributed by atoms with Crippen LogP contribution in [-0.2, 0) is 0 Å². The summed E-state index contributed by atoms with van der Waals surface area (Å²) in [5, 5.41) is 9.87. The van der Waals surface area contributed by atoms with Crippen molar-refractivity contribution in [1.82, 2.24) is 19.9 Å². The van der Waals surface area contributed by atoms with Gasteiger partial charge in [-0.05, 0) is 112 Å². The van der Waals surface area contributed by atoms with Gasteiger partial charge in [0.05, 0.1) is 0 Å². The minimum atomic E-state index is 0.591. The lowest BCUT2D eigenvalue weighted by atomic mass is 9.86. The van der Waals surface area contributed by atoms with E-state index in [2.05, 4.69) is 205 Å². The van der Waals surface area contributed by atoms with E-state index in [-0.39, 0.29) is 0 Å². The van der Waals surface area contributed by atoms with Crippen LogP contribution in [0.4, 0.5) is 0 Å². The first-order chi connectivity index (χ1) is 31.7. The van der Waals surface area contributed by atoms with Gasteiger partial charge in [-0.1, -0.05) is 188 Å². The minimum Gasteiger partial charge on any atom is -0.264 e. The zero-order valence-electron chi connectivity index (χ0n) is 34.7. The molecule has 0 spiro atoms. The van der Waals surface area contributed by atoms with Gasteiger partial charge in [-0.15, -0.1) is 0 Å². The van der Waals surface area contributed by atoms with E-state index in [1.165, 1.54) is 43.1 Å². The number of fused-ring (bicyclic) bond motifs is 8. The summed E-state index contributed by atoms with van der Waals surface area (Å²) in [6.07, 6.45) is 3.74. The summed E-state index contributed by atoms with van der Waals surface area (Å²) in [5.74, 6) is 1.80. The van der Waals surface area contributed by atoms with E-state index in [1.807, 2.05) is 30.6 Å². The Bertz CT molecular complexity index is 3580. The van der Waals surface area contributed by atoms with Gasteiger partial charge in [0.2, 0.25) is 0 Å². The second kappa shape index (κ2) is 15.7. The molecule has 0 radical (unpaired) electrons. The SMILES string of the molecule is c1ccc(-c2ccc(-c3nc(-c4ccc(-c5ccccc5)cc4)nc(-c4cc(-c5cccnc5)cc(-c5cc6c7ccccc7c7ccccc7c6c6ccccc56)c4)n3)cc2)cc1. The fraction of sp³-hybridized carbons (Fsp3) is 0. The third-order valence-corrected chi connectivity index (χ3v) is 12.4. The van der Waals surface area contributed by atoms with Gasteiger partial charge in [-0.2, -0.15) is 0 Å². The average Bonchev–Trinajstić information content (AvgIpc) is 3.39. The number of aromatic nitrogens is 4. The van der Waals surface area contributed by atoms with E-state index < -0.39 is 0 Å². The van der Waals surface area contributed by atoms with Crippen LogP contribution >= 0.6 is 0 Å². The van der Waals surface area contributed by atoms with Crippen molar-refractivity contribution in [3.05, 3.63) is 231 Å². The molecule has 0 N–H and O–H groups in total. The third kappa shape index (κ3) is 6.66. The highest BCUT2D eigenvalue weighted by Crippen LogP contribution is 2.44. The zero-order valence-corrected chi connectivity index (χ0v) is 34.7. The summed E-state index contributed by atoms with van der Waals surface area (Å²) in [4.78, 5) is 20.3. The molecule has 298 valence electrons. The molecule has 0 amide bonds. The van der Waals surface area contributed by atoms with Crippen molar-refractivity contribution in [2.24, 2.45) is 0 Å². The van der Waals surface area contributed by atoms with E-state index in [4.69, 9.17) is 15.0 Å². The highest BCUT2D eigenvalue weighted by molar-refractivity contribution is 6.33. The molecule has 64 heavy (non-hydrogen) atoms. The first-order valence-corrected chi connectivity index (χ1v) is 21.6. The van der Waals surface area contributed by atoms with Gasteiger partial charge in [0.25, 0.3) is 0 Å². The van der Waals surface area contributed by atoms with Gasteiger partial charge in [0.1, 0.15) is 0 Å². The van der Waals surface area contributed by atoms with Crippen LogP contribution in [0.15, 0.2) is 231 Å². The Morgan fingerprint density at radius 1 is 0.234 bits per heavy atom. The fourth-order valence-electron chi connectivity index (χ4n) is 9.27. The normalized spacial score (nSPS) is 11.4. The largest absolute Gasteiger partial charge is 0.264 e. The molecular formula is C60H38N4. The van der Waals surface area contributed by atoms with Crippen molar-refractivity contribution in [2.45, 2.75) is 0 Å². The molecule has 0 unspecified atom stereocenters. The zero-order chi connectivity index (χ0) is 42.4. The molecule has 0 saturated carbocycles. The number of rotatable bonds is 7. The van der Waals surface area contributed by atoms with Gasteiger partial charge in [-0.25, -0.2) is 15.0 Å². The Balaban J connectivity index is 1.09. The highest BCUT2D eigenvalue weighted by atomic mass is 15.0. The van der Waals surface area contributed by atoms with Crippen LogP contribution in [0.1, 0.15) is 0 Å². The molecule has 0 fully saturated rings. The summed E-state index contributed by atoms with van der Waals surface area (Å²) >= 11 is 0. The van der Waals surface area contributed by atoms with Crippen LogP contribution in [0, 0.1) is 0 Å². The first kappa shape index (κ1) is 37.2. The molecule has 0 saturated heterocycles. The molecule has 4 nitrogen and oxygen atoms in total. The maximum Gasteiger partial charge on any atom is 0.164 e. The fourth-order valence-corrected chi connectivity index (χ4v) is 9.27. The number of benzene rings is 10. The van der Waals surface area contributed by atoms with Crippen LogP contribution < -0.4 is 0 Å². The topological polar surface area (TPSA) is 51.6 Å². The van der Waals surface area contributed by atoms with Crippen LogP contribution in [0.3, 0.4) is 0 Å². The van der Waals surface area contributed by atoms with E-state index in [0.29, 0.717) is 17.5 Å². The molecule has 0 bridgehead atoms. The number of hydrogen-bond donors (Lipinski definition) is 0. The maximum atomic E-state index is 5.29. The van der Waals surface area contributed by atoms with E-state index in [9.17, 15) is 0 Å². The van der Waals surface area contributed by atoms with Gasteiger partial charge in [-0.3, -0.25) is 4.98 Å². The predicted molar refractivity (Wildman–Crippen MR) is 266 cm³/mol. The molecule has 0 aliphatic carbocycles. The summed E-state index contributed by atoms with van der Waals surface area (Å²) in [6.45, 7) is 0. The van der Waals surface area contributed by atoms with Crippen LogP contribution in [0.25, 0.3) is 122 Å². The number of pyridine rings is 1. The second-order valence-electron chi connectivity index (χ2n) is 16.2. The molecule has 0 aliphatic heterocycles. The van der Waals surface area contributed by atoms with E-state index in [0.717, 1.165) is 61.2 Å². The average molecular weight is 815 g/mol. The summed E-state index contributed by atoms with van der Waals surface area (Å²) in [6, 6.07) is 77.5. The Hall–Kier alpha value is -8.60. The van der Waals surface area contributed by atoms with Crippen LogP contribution in [0.2, 0.25) is 0 Å². The molecule has 4 heteroatoms. The van der Waals surface area contributed by atoms with Crippen molar-refractivity contribution >= 4 is 43.1 Å². The Morgan fingerprint density at radius 3 is 1.17 bits per heavy atom. The van der Waals surface area contributed by atoms with Crippen molar-refractivity contribution in [1.29, 1.82) is 0 Å². The summed E-state index contributed by atoms with van der Waals surface area (Å²) < 4.78 is 0. The van der Waals surface area contributed by atoms with Crippen LogP contribution in [0.5, 0.6) is 0 Å². The molecular weight excluding hydrogens is 777 g/mol. The Kier molecular flexibility index (Phi) is 9.12. The second-order valence-corrected chi connectivity index (χ2v) is 16.2. The Labute approximate surface area is 370 Å². The van der Waals surface area contributed by atoms with Gasteiger partial charge in [0, 0.05) is 34.6 Å². The minimum absolute atomic E-state index is 0.591. The quantitative estimate of drug-likeness (QED) is 0.150. The molecule has 0 aliphatic rings. The van der Waals surface area contributed by atoms with Gasteiger partial charge >= 0.3 is 0 Å². The highest BCUT2D eigenvalue weighted by Gasteiger charge is 2.19. The lowest BCUT2D eigenvalue weighted by Gasteiger charge is -2.17. The van der Waals surface area contributed by atoms with Crippen LogP contribution in [-0.4, -0.2) is 19.9 Å². The van der Waals surface area contributed by atoms with Gasteiger partial charge < -0.3 is 0 Å². The molecule has 2 aromatic heterocycles. The third-order valence-electron chi connectivity index (χ3n) is 12.4. The smallest absolute Gasteiger partial charge is 0.164 e. The molecule has 12 rings (SSSR count). The van der Waals surface area contributed by atoms with E-state index >= 15 is 0 Å². The first-order valence-electron chi connectivity index (χ1n) is 21.6. The van der Waals surface area contributed by atoms with E-state index in [1.54, 1.807) is 0 Å². The monoisotopic (exact) mass is 814 g/mol. The summed E-state index contributed by atoms with van der Waals surface area (Å²) in [7, 11) is 0. The Morgan fingerprint density at radius 2 is 0.625 bits per heavy atom. The van der Waals surface area contributed by atoms with Crippen molar-refractivity contribution in [2.75, 3.05) is 0 Å². The van der Waals surface area contributed by atoms with Gasteiger partial charge in [0.15, 0.2) is 17.5 Å². The summed E-state index contributed by atoms with van der Waals surface area (Å²) in [5.41, 5.74) is 11.5. The molecule has 12 aromatic rings. The predicted octanol–water partition coefficient (Wildman–Crippen LogP) is 15.5. The molecule has 10 aromatic carbocycles. The van der Waals surface area contributed by atoms with Crippen molar-refractivity contribution in [3.63, 3.8) is 0 Å². The standard InChI is InChI=1S/C60H38N4/c1-3-14-39(15-4-1)41-25-29-43(30-26-41)58-62-59(44-31-27-42(28-32-44)40-16-5-2-6-17-40)64-60(63-58)48-35-46(45-18-13-33-61-38-45)34-47(36-48)55-37-56-51-21-8-7-19-49(51)50-20-9-11-23-53(50)57(56)54-24-12-10-22-52(54)55/h1-38H. The van der Waals surface area contributed by atoms with Crippen molar-refractivity contribution < 1.29 is 0 Å². The number of hydrogen-bond acceptors (Lipinski definition) is 4. The molecule has 0 atom stereocenters.